The number of nitrogens with zero attached hydrogens (tertiary/aromatic N) is 3. The van der Waals surface area contributed by atoms with Crippen LogP contribution in [0.2, 0.25) is 0 Å². The molecule has 1 unspecified atom stereocenters. The molecule has 1 atom stereocenters. The third-order valence-electron chi connectivity index (χ3n) is 4.41. The normalized spacial score (nSPS) is 17.4. The van der Waals surface area contributed by atoms with Crippen molar-refractivity contribution in [1.82, 2.24) is 9.97 Å². The molecule has 3 heterocycles. The molecule has 1 N–H and O–H groups in total. The second-order valence-electron chi connectivity index (χ2n) is 7.44. The highest BCUT2D eigenvalue weighted by Crippen LogP contribution is 2.29. The van der Waals surface area contributed by atoms with Crippen LogP contribution in [-0.4, -0.2) is 28.5 Å². The molecule has 0 aliphatic carbocycles. The van der Waals surface area contributed by atoms with Crippen molar-refractivity contribution in [3.05, 3.63) is 41.5 Å². The number of pyridine rings is 1. The Morgan fingerprint density at radius 3 is 2.77 bits per heavy atom. The van der Waals surface area contributed by atoms with E-state index >= 15 is 0 Å². The molecule has 1 fully saturated rings. The Bertz CT molecular complexity index is 810. The highest BCUT2D eigenvalue weighted by atomic mass is 32.1. The van der Waals surface area contributed by atoms with Crippen LogP contribution < -0.4 is 10.2 Å². The average molecular weight is 374 g/mol. The molecule has 0 bridgehead atoms. The fourth-order valence-electron chi connectivity index (χ4n) is 2.89. The number of hydrogen-bond acceptors (Lipinski definition) is 5. The molecule has 138 valence electrons. The lowest BCUT2D eigenvalue weighted by atomic mass is 9.93. The van der Waals surface area contributed by atoms with E-state index in [0.717, 1.165) is 25.1 Å². The van der Waals surface area contributed by atoms with E-state index in [1.54, 1.807) is 12.1 Å². The smallest absolute Gasteiger partial charge is 0.248 e. The number of nitrogens with one attached hydrogen (secondary N) is 1. The first-order chi connectivity index (χ1) is 12.3. The van der Waals surface area contributed by atoms with Crippen molar-refractivity contribution in [3.8, 4) is 0 Å². The van der Waals surface area contributed by atoms with E-state index in [-0.39, 0.29) is 17.4 Å². The van der Waals surface area contributed by atoms with Crippen molar-refractivity contribution in [2.24, 2.45) is 0 Å². The van der Waals surface area contributed by atoms with E-state index in [1.165, 1.54) is 17.5 Å². The number of hydrogen-bond donors (Lipinski definition) is 1. The molecular formula is C19H23FN4OS. The van der Waals surface area contributed by atoms with Crippen LogP contribution in [0.1, 0.15) is 44.9 Å². The van der Waals surface area contributed by atoms with Crippen molar-refractivity contribution >= 4 is 34.0 Å². The Morgan fingerprint density at radius 2 is 2.19 bits per heavy atom. The van der Waals surface area contributed by atoms with Gasteiger partial charge in [-0.3, -0.25) is 4.79 Å². The Balaban J connectivity index is 1.72. The van der Waals surface area contributed by atoms with Gasteiger partial charge >= 0.3 is 0 Å². The zero-order chi connectivity index (χ0) is 18.9. The fourth-order valence-corrected chi connectivity index (χ4v) is 3.83. The summed E-state index contributed by atoms with van der Waals surface area (Å²) in [7, 11) is 0. The van der Waals surface area contributed by atoms with Gasteiger partial charge in [-0.25, -0.2) is 14.4 Å². The van der Waals surface area contributed by atoms with Crippen LogP contribution in [0, 0.1) is 0 Å². The molecule has 1 aliphatic rings. The number of halogens is 1. The molecule has 1 saturated heterocycles. The number of carbonyl (C=O) groups is 1. The third kappa shape index (κ3) is 3.93. The second-order valence-corrected chi connectivity index (χ2v) is 8.30. The minimum Gasteiger partial charge on any atom is -0.345 e. The lowest BCUT2D eigenvalue weighted by Crippen LogP contribution is -2.40. The van der Waals surface area contributed by atoms with Gasteiger partial charge in [0.2, 0.25) is 5.91 Å². The number of carbonyl (C=O) groups excluding carboxylic acids is 1. The zero-order valence-electron chi connectivity index (χ0n) is 15.3. The first kappa shape index (κ1) is 18.5. The van der Waals surface area contributed by atoms with E-state index in [0.29, 0.717) is 16.5 Å². The second kappa shape index (κ2) is 7.15. The molecule has 1 amide bonds. The third-order valence-corrected chi connectivity index (χ3v) is 5.17. The predicted octanol–water partition coefficient (Wildman–Crippen LogP) is 4.38. The standard InChI is InChI=1S/C19H23FN4OS/c1-12(20)13-7-8-16(21-10-13)24-9-5-6-14(24)17(25)23-18-22-15(11-26-18)19(2,3)4/h7-8,10-11,14H,1,5-6,9H2,2-4H3,(H,22,23,25). The van der Waals surface area contributed by atoms with E-state index < -0.39 is 5.83 Å². The van der Waals surface area contributed by atoms with Gasteiger partial charge in [0.25, 0.3) is 0 Å². The number of amides is 1. The lowest BCUT2D eigenvalue weighted by molar-refractivity contribution is -0.117. The highest BCUT2D eigenvalue weighted by molar-refractivity contribution is 7.14. The molecule has 26 heavy (non-hydrogen) atoms. The largest absolute Gasteiger partial charge is 0.345 e. The minimum atomic E-state index is -0.516. The summed E-state index contributed by atoms with van der Waals surface area (Å²) in [4.78, 5) is 23.5. The van der Waals surface area contributed by atoms with Gasteiger partial charge in [0.15, 0.2) is 5.13 Å². The molecule has 0 aromatic carbocycles. The van der Waals surface area contributed by atoms with E-state index in [4.69, 9.17) is 0 Å². The van der Waals surface area contributed by atoms with Gasteiger partial charge in [-0.1, -0.05) is 27.4 Å². The van der Waals surface area contributed by atoms with Crippen LogP contribution >= 0.6 is 11.3 Å². The first-order valence-corrected chi connectivity index (χ1v) is 9.48. The van der Waals surface area contributed by atoms with Crippen LogP contribution in [0.3, 0.4) is 0 Å². The predicted molar refractivity (Wildman–Crippen MR) is 104 cm³/mol. The molecule has 5 nitrogen and oxygen atoms in total. The molecule has 3 rings (SSSR count). The van der Waals surface area contributed by atoms with Crippen LogP contribution in [0.15, 0.2) is 30.3 Å². The van der Waals surface area contributed by atoms with Crippen LogP contribution in [0.25, 0.3) is 5.83 Å². The maximum atomic E-state index is 13.2. The Hall–Kier alpha value is -2.28. The summed E-state index contributed by atoms with van der Waals surface area (Å²) in [5.74, 6) is 0.0680. The van der Waals surface area contributed by atoms with Crippen LogP contribution in [0.4, 0.5) is 15.3 Å². The Labute approximate surface area is 157 Å². The van der Waals surface area contributed by atoms with Crippen molar-refractivity contribution in [1.29, 1.82) is 0 Å². The van der Waals surface area contributed by atoms with Gasteiger partial charge < -0.3 is 10.2 Å². The Kier molecular flexibility index (Phi) is 5.09. The molecule has 0 spiro atoms. The van der Waals surface area contributed by atoms with Crippen LogP contribution in [-0.2, 0) is 10.2 Å². The summed E-state index contributed by atoms with van der Waals surface area (Å²) in [6, 6.07) is 3.06. The van der Waals surface area contributed by atoms with Gasteiger partial charge in [-0.15, -0.1) is 11.3 Å². The molecule has 2 aromatic heterocycles. The van der Waals surface area contributed by atoms with Gasteiger partial charge in [-0.2, -0.15) is 0 Å². The van der Waals surface area contributed by atoms with Gasteiger partial charge in [0, 0.05) is 29.1 Å². The maximum absolute atomic E-state index is 13.2. The summed E-state index contributed by atoms with van der Waals surface area (Å²) in [5.41, 5.74) is 1.27. The van der Waals surface area contributed by atoms with Crippen molar-refractivity contribution in [2.75, 3.05) is 16.8 Å². The molecule has 1 aliphatic heterocycles. The van der Waals surface area contributed by atoms with Gasteiger partial charge in [0.05, 0.1) is 5.69 Å². The van der Waals surface area contributed by atoms with Gasteiger partial charge in [0.1, 0.15) is 17.7 Å². The van der Waals surface area contributed by atoms with E-state index in [2.05, 4.69) is 42.6 Å². The zero-order valence-corrected chi connectivity index (χ0v) is 16.1. The number of anilines is 2. The maximum Gasteiger partial charge on any atom is 0.248 e. The quantitative estimate of drug-likeness (QED) is 0.863. The molecular weight excluding hydrogens is 351 g/mol. The first-order valence-electron chi connectivity index (χ1n) is 8.60. The highest BCUT2D eigenvalue weighted by Gasteiger charge is 2.32. The van der Waals surface area contributed by atoms with Gasteiger partial charge in [-0.05, 0) is 25.0 Å². The van der Waals surface area contributed by atoms with E-state index in [1.807, 2.05) is 10.3 Å². The average Bonchev–Trinajstić information content (AvgIpc) is 3.23. The summed E-state index contributed by atoms with van der Waals surface area (Å²) in [5, 5.41) is 5.52. The van der Waals surface area contributed by atoms with Crippen LogP contribution in [0.5, 0.6) is 0 Å². The van der Waals surface area contributed by atoms with E-state index in [9.17, 15) is 9.18 Å². The fraction of sp³-hybridized carbons (Fsp3) is 0.421. The summed E-state index contributed by atoms with van der Waals surface area (Å²) < 4.78 is 13.2. The summed E-state index contributed by atoms with van der Waals surface area (Å²) >= 11 is 1.44. The topological polar surface area (TPSA) is 58.1 Å². The minimum absolute atomic E-state index is 0.0506. The molecule has 0 saturated carbocycles. The summed E-state index contributed by atoms with van der Waals surface area (Å²) in [6.45, 7) is 10.3. The molecule has 0 radical (unpaired) electrons. The van der Waals surface area contributed by atoms with Crippen molar-refractivity contribution in [3.63, 3.8) is 0 Å². The Morgan fingerprint density at radius 1 is 1.42 bits per heavy atom. The number of aromatic nitrogens is 2. The molecule has 2 aromatic rings. The SMILES string of the molecule is C=C(F)c1ccc(N2CCCC2C(=O)Nc2nc(C(C)(C)C)cs2)nc1. The molecule has 7 heteroatoms. The lowest BCUT2D eigenvalue weighted by Gasteiger charge is -2.24. The monoisotopic (exact) mass is 374 g/mol. The van der Waals surface area contributed by atoms with Crippen molar-refractivity contribution < 1.29 is 9.18 Å². The van der Waals surface area contributed by atoms with Crippen molar-refractivity contribution in [2.45, 2.75) is 45.1 Å². The number of thiazole rings is 1. The number of rotatable bonds is 4. The summed E-state index contributed by atoms with van der Waals surface area (Å²) in [6.07, 6.45) is 3.10.